The quantitative estimate of drug-likeness (QED) is 0.747. The topological polar surface area (TPSA) is 42.1 Å². The number of hydrogen-bond donors (Lipinski definition) is 1. The monoisotopic (exact) mass is 219 g/mol. The van der Waals surface area contributed by atoms with Crippen LogP contribution in [-0.2, 0) is 0 Å². The summed E-state index contributed by atoms with van der Waals surface area (Å²) >= 11 is 0. The maximum atomic E-state index is 5.86. The van der Waals surface area contributed by atoms with Crippen molar-refractivity contribution in [2.45, 2.75) is 26.3 Å². The first kappa shape index (κ1) is 12.7. The molecule has 1 heterocycles. The summed E-state index contributed by atoms with van der Waals surface area (Å²) < 4.78 is 0. The molecule has 88 valence electrons. The van der Waals surface area contributed by atoms with E-state index in [1.165, 1.54) is 0 Å². The Labute approximate surface area is 98.0 Å². The average Bonchev–Trinajstić information content (AvgIpc) is 2.29. The van der Waals surface area contributed by atoms with Gasteiger partial charge in [-0.05, 0) is 31.0 Å². The molecule has 0 aromatic carbocycles. The first-order valence-corrected chi connectivity index (χ1v) is 5.76. The van der Waals surface area contributed by atoms with E-state index in [0.717, 1.165) is 30.9 Å². The largest absolute Gasteiger partial charge is 0.353 e. The molecule has 3 nitrogen and oxygen atoms in total. The Kier molecular flexibility index (Phi) is 4.99. The second-order valence-corrected chi connectivity index (χ2v) is 3.97. The molecule has 16 heavy (non-hydrogen) atoms. The second-order valence-electron chi connectivity index (χ2n) is 3.97. The molecule has 0 saturated carbocycles. The Hall–Kier alpha value is -1.35. The number of nitrogens with two attached hydrogens (primary N) is 1. The Bertz CT molecular complexity index is 334. The van der Waals surface area contributed by atoms with Crippen molar-refractivity contribution in [3.8, 4) is 0 Å². The van der Waals surface area contributed by atoms with E-state index in [4.69, 9.17) is 5.73 Å². The Balaban J connectivity index is 2.90. The van der Waals surface area contributed by atoms with E-state index in [1.54, 1.807) is 0 Å². The van der Waals surface area contributed by atoms with Gasteiger partial charge in [-0.15, -0.1) is 6.58 Å². The van der Waals surface area contributed by atoms with Crippen molar-refractivity contribution in [2.24, 2.45) is 5.73 Å². The van der Waals surface area contributed by atoms with Gasteiger partial charge in [0.2, 0.25) is 0 Å². The van der Waals surface area contributed by atoms with E-state index in [1.807, 2.05) is 25.3 Å². The molecule has 3 heteroatoms. The molecular formula is C13H21N3. The normalized spacial score (nSPS) is 12.2. The van der Waals surface area contributed by atoms with Crippen molar-refractivity contribution in [1.29, 1.82) is 0 Å². The maximum Gasteiger partial charge on any atom is 0.129 e. The summed E-state index contributed by atoms with van der Waals surface area (Å²) in [6.45, 7) is 9.72. The number of rotatable bonds is 6. The molecule has 1 atom stereocenters. The molecule has 0 aliphatic carbocycles. The molecule has 1 rings (SSSR count). The van der Waals surface area contributed by atoms with E-state index < -0.39 is 0 Å². The van der Waals surface area contributed by atoms with Gasteiger partial charge in [-0.2, -0.15) is 0 Å². The minimum atomic E-state index is 0.0500. The molecule has 1 aromatic rings. The highest BCUT2D eigenvalue weighted by atomic mass is 15.2. The predicted octanol–water partition coefficient (Wildman–Crippen LogP) is 2.50. The first-order valence-electron chi connectivity index (χ1n) is 5.76. The third-order valence-corrected chi connectivity index (χ3v) is 2.46. The van der Waals surface area contributed by atoms with Gasteiger partial charge in [-0.3, -0.25) is 0 Å². The smallest absolute Gasteiger partial charge is 0.129 e. The molecule has 0 spiro atoms. The lowest BCUT2D eigenvalue weighted by Crippen LogP contribution is -2.25. The lowest BCUT2D eigenvalue weighted by atomic mass is 10.1. The molecule has 1 unspecified atom stereocenters. The van der Waals surface area contributed by atoms with Gasteiger partial charge >= 0.3 is 0 Å². The van der Waals surface area contributed by atoms with Gasteiger partial charge in [-0.1, -0.05) is 13.0 Å². The van der Waals surface area contributed by atoms with Crippen LogP contribution in [0.4, 0.5) is 5.82 Å². The van der Waals surface area contributed by atoms with E-state index in [9.17, 15) is 0 Å². The Morgan fingerprint density at radius 3 is 2.94 bits per heavy atom. The molecular weight excluding hydrogens is 198 g/mol. The number of anilines is 1. The van der Waals surface area contributed by atoms with Gasteiger partial charge in [-0.25, -0.2) is 4.98 Å². The lowest BCUT2D eigenvalue weighted by Gasteiger charge is -2.22. The number of nitrogens with zero attached hydrogens (tertiary/aromatic N) is 2. The van der Waals surface area contributed by atoms with Crippen LogP contribution in [0.25, 0.3) is 0 Å². The first-order chi connectivity index (χ1) is 7.69. The van der Waals surface area contributed by atoms with Crippen LogP contribution in [0.1, 0.15) is 31.9 Å². The highest BCUT2D eigenvalue weighted by molar-refractivity contribution is 5.42. The maximum absolute atomic E-state index is 5.86. The second kappa shape index (κ2) is 6.28. The third kappa shape index (κ3) is 3.35. The summed E-state index contributed by atoms with van der Waals surface area (Å²) in [4.78, 5) is 6.59. The molecule has 0 aliphatic rings. The zero-order valence-corrected chi connectivity index (χ0v) is 10.2. The van der Waals surface area contributed by atoms with Crippen LogP contribution in [0.15, 0.2) is 31.0 Å². The lowest BCUT2D eigenvalue weighted by molar-refractivity contribution is 0.786. The zero-order chi connectivity index (χ0) is 12.0. The van der Waals surface area contributed by atoms with Crippen LogP contribution >= 0.6 is 0 Å². The number of aromatic nitrogens is 1. The van der Waals surface area contributed by atoms with Gasteiger partial charge in [0.25, 0.3) is 0 Å². The molecule has 0 bridgehead atoms. The van der Waals surface area contributed by atoms with E-state index in [0.29, 0.717) is 0 Å². The zero-order valence-electron chi connectivity index (χ0n) is 10.2. The molecule has 0 aliphatic heterocycles. The van der Waals surface area contributed by atoms with Gasteiger partial charge in [0, 0.05) is 25.3 Å². The Morgan fingerprint density at radius 1 is 1.62 bits per heavy atom. The van der Waals surface area contributed by atoms with Gasteiger partial charge < -0.3 is 10.6 Å². The van der Waals surface area contributed by atoms with Crippen LogP contribution in [0.3, 0.4) is 0 Å². The van der Waals surface area contributed by atoms with E-state index in [2.05, 4.69) is 29.5 Å². The summed E-state index contributed by atoms with van der Waals surface area (Å²) in [5.74, 6) is 0.983. The third-order valence-electron chi connectivity index (χ3n) is 2.46. The SMILES string of the molecule is C=CCN(CCC)c1cc(C(C)N)ccn1. The summed E-state index contributed by atoms with van der Waals surface area (Å²) in [6.07, 6.45) is 4.81. The van der Waals surface area contributed by atoms with E-state index in [-0.39, 0.29) is 6.04 Å². The molecule has 0 fully saturated rings. The van der Waals surface area contributed by atoms with Crippen molar-refractivity contribution < 1.29 is 0 Å². The van der Waals surface area contributed by atoms with Gasteiger partial charge in [0.05, 0.1) is 0 Å². The summed E-state index contributed by atoms with van der Waals surface area (Å²) in [6, 6.07) is 4.07. The molecule has 1 aromatic heterocycles. The summed E-state index contributed by atoms with van der Waals surface area (Å²) in [7, 11) is 0. The number of hydrogen-bond acceptors (Lipinski definition) is 3. The van der Waals surface area contributed by atoms with Crippen LogP contribution in [0.5, 0.6) is 0 Å². The molecule has 2 N–H and O–H groups in total. The highest BCUT2D eigenvalue weighted by Crippen LogP contribution is 2.16. The standard InChI is InChI=1S/C13H21N3/c1-4-8-16(9-5-2)13-10-12(11(3)14)6-7-15-13/h4,6-7,10-11H,1,5,8-9,14H2,2-3H3. The molecule has 0 radical (unpaired) electrons. The predicted molar refractivity (Wildman–Crippen MR) is 69.5 cm³/mol. The fourth-order valence-electron chi connectivity index (χ4n) is 1.62. The van der Waals surface area contributed by atoms with Crippen molar-refractivity contribution in [2.75, 3.05) is 18.0 Å². The van der Waals surface area contributed by atoms with Crippen LogP contribution in [0.2, 0.25) is 0 Å². The minimum Gasteiger partial charge on any atom is -0.353 e. The summed E-state index contributed by atoms with van der Waals surface area (Å²) in [5, 5.41) is 0. The van der Waals surface area contributed by atoms with Crippen LogP contribution in [0, 0.1) is 0 Å². The fraction of sp³-hybridized carbons (Fsp3) is 0.462. The van der Waals surface area contributed by atoms with Crippen LogP contribution < -0.4 is 10.6 Å². The van der Waals surface area contributed by atoms with Crippen LogP contribution in [-0.4, -0.2) is 18.1 Å². The number of pyridine rings is 1. The minimum absolute atomic E-state index is 0.0500. The van der Waals surface area contributed by atoms with Gasteiger partial charge in [0.15, 0.2) is 0 Å². The summed E-state index contributed by atoms with van der Waals surface area (Å²) in [5.41, 5.74) is 6.98. The average molecular weight is 219 g/mol. The van der Waals surface area contributed by atoms with Crippen molar-refractivity contribution >= 4 is 5.82 Å². The highest BCUT2D eigenvalue weighted by Gasteiger charge is 2.07. The fourth-order valence-corrected chi connectivity index (χ4v) is 1.62. The van der Waals surface area contributed by atoms with Gasteiger partial charge in [0.1, 0.15) is 5.82 Å². The van der Waals surface area contributed by atoms with Crippen molar-refractivity contribution in [3.63, 3.8) is 0 Å². The van der Waals surface area contributed by atoms with Crippen molar-refractivity contribution in [1.82, 2.24) is 4.98 Å². The molecule has 0 amide bonds. The van der Waals surface area contributed by atoms with E-state index >= 15 is 0 Å². The van der Waals surface area contributed by atoms with Crippen molar-refractivity contribution in [3.05, 3.63) is 36.5 Å². The molecule has 0 saturated heterocycles. The Morgan fingerprint density at radius 2 is 2.38 bits per heavy atom.